The Hall–Kier alpha value is -2.58. The van der Waals surface area contributed by atoms with Gasteiger partial charge in [-0.25, -0.2) is 0 Å². The molecule has 1 aromatic heterocycles. The topological polar surface area (TPSA) is 106 Å². The highest BCUT2D eigenvalue weighted by atomic mass is 16.5. The van der Waals surface area contributed by atoms with Crippen LogP contribution in [-0.4, -0.2) is 62.5 Å². The second-order valence-electron chi connectivity index (χ2n) is 6.52. The predicted molar refractivity (Wildman–Crippen MR) is 104 cm³/mol. The summed E-state index contributed by atoms with van der Waals surface area (Å²) in [6.45, 7) is 6.72. The lowest BCUT2D eigenvalue weighted by atomic mass is 10.0. The number of nitrogens with zero attached hydrogens (tertiary/aromatic N) is 4. The number of hydrogen-bond donors (Lipinski definition) is 3. The number of aromatic nitrogens is 2. The maximum absolute atomic E-state index is 6.34. The van der Waals surface area contributed by atoms with E-state index in [0.717, 1.165) is 75.1 Å². The first kappa shape index (κ1) is 16.9. The number of nitrogen functional groups attached to an aromatic ring is 2. The third-order valence-electron chi connectivity index (χ3n) is 4.88. The van der Waals surface area contributed by atoms with Crippen LogP contribution in [0.2, 0.25) is 0 Å². The monoisotopic (exact) mass is 355 g/mol. The highest BCUT2D eigenvalue weighted by Crippen LogP contribution is 2.40. The molecule has 8 heteroatoms. The van der Waals surface area contributed by atoms with Crippen molar-refractivity contribution >= 4 is 23.3 Å². The van der Waals surface area contributed by atoms with E-state index in [0.29, 0.717) is 5.82 Å². The van der Waals surface area contributed by atoms with Gasteiger partial charge in [-0.05, 0) is 6.07 Å². The lowest BCUT2D eigenvalue weighted by Gasteiger charge is -2.33. The van der Waals surface area contributed by atoms with Gasteiger partial charge in [-0.15, -0.1) is 0 Å². The summed E-state index contributed by atoms with van der Waals surface area (Å²) in [7, 11) is 0. The van der Waals surface area contributed by atoms with Crippen molar-refractivity contribution in [3.63, 3.8) is 0 Å². The fraction of sp³-hybridized carbons (Fsp3) is 0.444. The number of piperazine rings is 1. The normalized spacial score (nSPS) is 18.2. The lowest BCUT2D eigenvalue weighted by molar-refractivity contribution is 0.123. The van der Waals surface area contributed by atoms with Gasteiger partial charge in [-0.1, -0.05) is 18.2 Å². The highest BCUT2D eigenvalue weighted by Gasteiger charge is 2.24. The number of ether oxygens (including phenoxy) is 1. The van der Waals surface area contributed by atoms with Crippen LogP contribution >= 0.6 is 0 Å². The van der Waals surface area contributed by atoms with Crippen LogP contribution in [0.5, 0.6) is 0 Å². The van der Waals surface area contributed by atoms with E-state index < -0.39 is 0 Å². The van der Waals surface area contributed by atoms with Gasteiger partial charge in [-0.3, -0.25) is 0 Å². The lowest BCUT2D eigenvalue weighted by Crippen LogP contribution is -2.44. The molecule has 2 fully saturated rings. The number of nitrogens with one attached hydrogen (secondary N) is 1. The Morgan fingerprint density at radius 2 is 1.65 bits per heavy atom. The van der Waals surface area contributed by atoms with Crippen molar-refractivity contribution in [1.82, 2.24) is 15.3 Å². The minimum Gasteiger partial charge on any atom is -0.383 e. The Balaban J connectivity index is 1.82. The van der Waals surface area contributed by atoms with Gasteiger partial charge in [0.25, 0.3) is 0 Å². The molecule has 0 spiro atoms. The average molecular weight is 355 g/mol. The third kappa shape index (κ3) is 3.25. The molecular formula is C18H25N7O. The van der Waals surface area contributed by atoms with Crippen LogP contribution in [0.4, 0.5) is 23.3 Å². The Kier molecular flexibility index (Phi) is 4.77. The van der Waals surface area contributed by atoms with E-state index in [9.17, 15) is 0 Å². The SMILES string of the molecule is Nc1nc(N)c(-c2ccccc2N2CCOCC2)c(N2CCNCC2)n1. The molecule has 3 heterocycles. The molecule has 1 aromatic carbocycles. The van der Waals surface area contributed by atoms with Crippen LogP contribution in [0.25, 0.3) is 11.1 Å². The molecule has 2 saturated heterocycles. The molecule has 2 aliphatic rings. The van der Waals surface area contributed by atoms with E-state index >= 15 is 0 Å². The van der Waals surface area contributed by atoms with E-state index in [-0.39, 0.29) is 5.95 Å². The molecule has 0 amide bonds. The van der Waals surface area contributed by atoms with Crippen LogP contribution in [0.1, 0.15) is 0 Å². The largest absolute Gasteiger partial charge is 0.383 e. The number of para-hydroxylation sites is 1. The zero-order valence-electron chi connectivity index (χ0n) is 14.8. The number of nitrogens with two attached hydrogens (primary N) is 2. The molecule has 0 aliphatic carbocycles. The van der Waals surface area contributed by atoms with Crippen molar-refractivity contribution in [2.45, 2.75) is 0 Å². The molecule has 0 unspecified atom stereocenters. The first-order valence-corrected chi connectivity index (χ1v) is 9.05. The quantitative estimate of drug-likeness (QED) is 0.733. The second-order valence-corrected chi connectivity index (χ2v) is 6.52. The Labute approximate surface area is 153 Å². The van der Waals surface area contributed by atoms with E-state index in [1.165, 1.54) is 0 Å². The predicted octanol–water partition coefficient (Wildman–Crippen LogP) is 0.554. The summed E-state index contributed by atoms with van der Waals surface area (Å²) in [5, 5.41) is 3.37. The summed E-state index contributed by atoms with van der Waals surface area (Å²) in [5.74, 6) is 1.45. The number of benzene rings is 1. The molecule has 0 saturated carbocycles. The maximum Gasteiger partial charge on any atom is 0.223 e. The zero-order chi connectivity index (χ0) is 17.9. The van der Waals surface area contributed by atoms with E-state index in [2.05, 4.69) is 37.2 Å². The second kappa shape index (κ2) is 7.35. The zero-order valence-corrected chi connectivity index (χ0v) is 14.8. The summed E-state index contributed by atoms with van der Waals surface area (Å²) in [4.78, 5) is 13.4. The van der Waals surface area contributed by atoms with Crippen molar-refractivity contribution in [2.24, 2.45) is 0 Å². The molecule has 4 rings (SSSR count). The van der Waals surface area contributed by atoms with Gasteiger partial charge >= 0.3 is 0 Å². The molecule has 0 bridgehead atoms. The van der Waals surface area contributed by atoms with Crippen LogP contribution in [-0.2, 0) is 4.74 Å². The summed E-state index contributed by atoms with van der Waals surface area (Å²) < 4.78 is 5.50. The van der Waals surface area contributed by atoms with Gasteiger partial charge in [0.1, 0.15) is 11.6 Å². The van der Waals surface area contributed by atoms with Gasteiger partial charge in [0.2, 0.25) is 5.95 Å². The first-order chi connectivity index (χ1) is 12.7. The molecule has 5 N–H and O–H groups in total. The molecule has 138 valence electrons. The van der Waals surface area contributed by atoms with Gasteiger partial charge in [0.15, 0.2) is 0 Å². The summed E-state index contributed by atoms with van der Waals surface area (Å²) >= 11 is 0. The van der Waals surface area contributed by atoms with E-state index in [1.807, 2.05) is 12.1 Å². The summed E-state index contributed by atoms with van der Waals surface area (Å²) in [6.07, 6.45) is 0. The fourth-order valence-electron chi connectivity index (χ4n) is 3.61. The molecule has 8 nitrogen and oxygen atoms in total. The fourth-order valence-corrected chi connectivity index (χ4v) is 3.61. The molecule has 2 aromatic rings. The smallest absolute Gasteiger partial charge is 0.223 e. The van der Waals surface area contributed by atoms with Gasteiger partial charge < -0.3 is 31.3 Å². The Morgan fingerprint density at radius 1 is 0.923 bits per heavy atom. The Morgan fingerprint density at radius 3 is 2.42 bits per heavy atom. The first-order valence-electron chi connectivity index (χ1n) is 9.05. The van der Waals surface area contributed by atoms with Crippen LogP contribution in [0.15, 0.2) is 24.3 Å². The van der Waals surface area contributed by atoms with Crippen LogP contribution < -0.4 is 26.6 Å². The highest BCUT2D eigenvalue weighted by molar-refractivity contribution is 5.91. The minimum absolute atomic E-state index is 0.212. The maximum atomic E-state index is 6.34. The number of hydrogen-bond acceptors (Lipinski definition) is 8. The van der Waals surface area contributed by atoms with Gasteiger partial charge in [0, 0.05) is 50.5 Å². The number of rotatable bonds is 3. The molecular weight excluding hydrogens is 330 g/mol. The van der Waals surface area contributed by atoms with E-state index in [1.54, 1.807) is 0 Å². The average Bonchev–Trinajstić information content (AvgIpc) is 2.69. The van der Waals surface area contributed by atoms with Crippen LogP contribution in [0.3, 0.4) is 0 Å². The third-order valence-corrected chi connectivity index (χ3v) is 4.88. The summed E-state index contributed by atoms with van der Waals surface area (Å²) in [5.41, 5.74) is 15.3. The van der Waals surface area contributed by atoms with Gasteiger partial charge in [-0.2, -0.15) is 9.97 Å². The molecule has 0 atom stereocenters. The standard InChI is InChI=1S/C18H25N7O/c19-16-15(17(23-18(20)22-16)25-7-5-21-6-8-25)13-3-1-2-4-14(13)24-9-11-26-12-10-24/h1-4,21H,5-12H2,(H4,19,20,22,23). The Bertz CT molecular complexity index is 770. The van der Waals surface area contributed by atoms with Gasteiger partial charge in [0.05, 0.1) is 18.8 Å². The summed E-state index contributed by atoms with van der Waals surface area (Å²) in [6, 6.07) is 8.28. The molecule has 26 heavy (non-hydrogen) atoms. The number of anilines is 4. The molecule has 0 radical (unpaired) electrons. The number of morpholine rings is 1. The van der Waals surface area contributed by atoms with Crippen molar-refractivity contribution in [3.8, 4) is 11.1 Å². The van der Waals surface area contributed by atoms with Crippen molar-refractivity contribution in [1.29, 1.82) is 0 Å². The minimum atomic E-state index is 0.212. The van der Waals surface area contributed by atoms with Crippen LogP contribution in [0, 0.1) is 0 Å². The van der Waals surface area contributed by atoms with E-state index in [4.69, 9.17) is 16.2 Å². The van der Waals surface area contributed by atoms with Crippen molar-refractivity contribution < 1.29 is 4.74 Å². The van der Waals surface area contributed by atoms with Crippen molar-refractivity contribution in [3.05, 3.63) is 24.3 Å². The van der Waals surface area contributed by atoms with Crippen molar-refractivity contribution in [2.75, 3.05) is 73.7 Å². The molecule has 2 aliphatic heterocycles.